The Morgan fingerprint density at radius 2 is 0.694 bits per heavy atom. The summed E-state index contributed by atoms with van der Waals surface area (Å²) in [5.41, 5.74) is 14.3. The zero-order valence-electron chi connectivity index (χ0n) is 33.6. The van der Waals surface area contributed by atoms with Gasteiger partial charge in [-0.1, -0.05) is 188 Å². The van der Waals surface area contributed by atoms with Gasteiger partial charge in [-0.15, -0.1) is 0 Å². The first kappa shape index (κ1) is 35.5. The Morgan fingerprint density at radius 1 is 0.258 bits per heavy atom. The predicted molar refractivity (Wildman–Crippen MR) is 256 cm³/mol. The van der Waals surface area contributed by atoms with Crippen LogP contribution in [0.15, 0.2) is 224 Å². The highest BCUT2D eigenvalue weighted by Gasteiger charge is 2.22. The van der Waals surface area contributed by atoms with Gasteiger partial charge in [0.05, 0.1) is 27.8 Å². The molecule has 0 atom stereocenters. The van der Waals surface area contributed by atoms with Crippen molar-refractivity contribution in [2.75, 3.05) is 0 Å². The van der Waals surface area contributed by atoms with Crippen molar-refractivity contribution >= 4 is 43.6 Å². The molecule has 0 fully saturated rings. The first-order valence-electron chi connectivity index (χ1n) is 20.9. The topological polar surface area (TPSA) is 48.5 Å². The molecule has 3 heterocycles. The number of aromatic nitrogens is 5. The highest BCUT2D eigenvalue weighted by atomic mass is 15.2. The molecule has 5 heteroatoms. The number of hydrogen-bond acceptors (Lipinski definition) is 3. The normalized spacial score (nSPS) is 11.5. The minimum absolute atomic E-state index is 0.572. The van der Waals surface area contributed by atoms with E-state index >= 15 is 0 Å². The van der Waals surface area contributed by atoms with E-state index in [2.05, 4.69) is 197 Å². The van der Waals surface area contributed by atoms with Crippen LogP contribution in [0.2, 0.25) is 0 Å². The van der Waals surface area contributed by atoms with Crippen molar-refractivity contribution in [1.29, 1.82) is 0 Å². The van der Waals surface area contributed by atoms with Crippen LogP contribution in [0.3, 0.4) is 0 Å². The SMILES string of the molecule is c1ccc(-c2cccc(-c3ccc(-c4ccccc4)cc3-n3c4ccccc4c4cc5c(cc43)c3ccccc3n5-c3nc(-c4ccccc4)nc(-c4ccccc4)n3)c2)cc1. The fraction of sp³-hybridized carbons (Fsp3) is 0. The monoisotopic (exact) mass is 791 g/mol. The Labute approximate surface area is 358 Å². The van der Waals surface area contributed by atoms with E-state index in [0.717, 1.165) is 71.7 Å². The summed E-state index contributed by atoms with van der Waals surface area (Å²) < 4.78 is 4.68. The van der Waals surface area contributed by atoms with Gasteiger partial charge in [0, 0.05) is 38.2 Å². The van der Waals surface area contributed by atoms with Crippen LogP contribution in [0.5, 0.6) is 0 Å². The zero-order chi connectivity index (χ0) is 41.0. The summed E-state index contributed by atoms with van der Waals surface area (Å²) in [6.45, 7) is 0. The third-order valence-electron chi connectivity index (χ3n) is 12.0. The Balaban J connectivity index is 1.15. The van der Waals surface area contributed by atoms with Gasteiger partial charge in [-0.3, -0.25) is 4.57 Å². The summed E-state index contributed by atoms with van der Waals surface area (Å²) in [5, 5.41) is 4.55. The molecule has 290 valence electrons. The summed E-state index contributed by atoms with van der Waals surface area (Å²) in [6, 6.07) is 79.5. The Hall–Kier alpha value is -8.41. The average Bonchev–Trinajstić information content (AvgIpc) is 3.86. The van der Waals surface area contributed by atoms with Crippen molar-refractivity contribution in [2.24, 2.45) is 0 Å². The van der Waals surface area contributed by atoms with Crippen molar-refractivity contribution in [1.82, 2.24) is 24.1 Å². The molecule has 12 aromatic rings. The average molecular weight is 792 g/mol. The maximum Gasteiger partial charge on any atom is 0.238 e. The van der Waals surface area contributed by atoms with Crippen molar-refractivity contribution in [2.45, 2.75) is 0 Å². The zero-order valence-corrected chi connectivity index (χ0v) is 33.6. The third kappa shape index (κ3) is 5.98. The molecule has 12 rings (SSSR count). The van der Waals surface area contributed by atoms with Crippen LogP contribution in [0, 0.1) is 0 Å². The van der Waals surface area contributed by atoms with Crippen molar-refractivity contribution < 1.29 is 0 Å². The summed E-state index contributed by atoms with van der Waals surface area (Å²) in [6.07, 6.45) is 0. The molecular formula is C57H37N5. The van der Waals surface area contributed by atoms with Crippen LogP contribution in [-0.4, -0.2) is 24.1 Å². The van der Waals surface area contributed by atoms with Gasteiger partial charge in [-0.05, 0) is 64.2 Å². The molecule has 0 amide bonds. The lowest BCUT2D eigenvalue weighted by Gasteiger charge is -2.17. The first-order valence-corrected chi connectivity index (χ1v) is 20.9. The van der Waals surface area contributed by atoms with Crippen molar-refractivity contribution in [3.63, 3.8) is 0 Å². The molecule has 0 saturated heterocycles. The highest BCUT2D eigenvalue weighted by Crippen LogP contribution is 2.42. The molecule has 0 unspecified atom stereocenters. The van der Waals surface area contributed by atoms with Crippen LogP contribution in [0.1, 0.15) is 0 Å². The smallest absolute Gasteiger partial charge is 0.238 e. The Kier molecular flexibility index (Phi) is 8.42. The summed E-state index contributed by atoms with van der Waals surface area (Å²) >= 11 is 0. The van der Waals surface area contributed by atoms with Gasteiger partial charge < -0.3 is 4.57 Å². The van der Waals surface area contributed by atoms with Crippen molar-refractivity contribution in [3.8, 4) is 67.8 Å². The van der Waals surface area contributed by atoms with E-state index in [4.69, 9.17) is 15.0 Å². The Morgan fingerprint density at radius 3 is 1.26 bits per heavy atom. The van der Waals surface area contributed by atoms with E-state index in [0.29, 0.717) is 17.6 Å². The Bertz CT molecular complexity index is 3550. The quantitative estimate of drug-likeness (QED) is 0.162. The van der Waals surface area contributed by atoms with Crippen LogP contribution < -0.4 is 0 Å². The lowest BCUT2D eigenvalue weighted by molar-refractivity contribution is 0.954. The summed E-state index contributed by atoms with van der Waals surface area (Å²) in [4.78, 5) is 15.4. The second-order valence-corrected chi connectivity index (χ2v) is 15.7. The maximum absolute atomic E-state index is 5.22. The number of rotatable bonds is 7. The van der Waals surface area contributed by atoms with E-state index in [1.165, 1.54) is 22.1 Å². The molecule has 9 aromatic carbocycles. The molecular weight excluding hydrogens is 755 g/mol. The first-order chi connectivity index (χ1) is 30.7. The number of fused-ring (bicyclic) bond motifs is 6. The molecule has 0 aliphatic rings. The van der Waals surface area contributed by atoms with Gasteiger partial charge in [0.1, 0.15) is 0 Å². The fourth-order valence-electron chi connectivity index (χ4n) is 9.07. The molecule has 0 N–H and O–H groups in total. The lowest BCUT2D eigenvalue weighted by Crippen LogP contribution is -2.06. The number of para-hydroxylation sites is 2. The largest absolute Gasteiger partial charge is 0.309 e. The predicted octanol–water partition coefficient (Wildman–Crippen LogP) is 14.4. The highest BCUT2D eigenvalue weighted by molar-refractivity contribution is 6.19. The van der Waals surface area contributed by atoms with Gasteiger partial charge in [-0.2, -0.15) is 9.97 Å². The van der Waals surface area contributed by atoms with Gasteiger partial charge >= 0.3 is 0 Å². The summed E-state index contributed by atoms with van der Waals surface area (Å²) in [5.74, 6) is 1.82. The molecule has 0 aliphatic carbocycles. The van der Waals surface area contributed by atoms with E-state index in [-0.39, 0.29) is 0 Å². The fourth-order valence-corrected chi connectivity index (χ4v) is 9.07. The minimum Gasteiger partial charge on any atom is -0.309 e. The lowest BCUT2D eigenvalue weighted by atomic mass is 9.95. The minimum atomic E-state index is 0.572. The number of hydrogen-bond donors (Lipinski definition) is 0. The van der Waals surface area contributed by atoms with Crippen LogP contribution in [0.25, 0.3) is 111 Å². The standard InChI is InChI=1S/C57H37N5/c1-5-18-38(19-6-1)42-26-17-27-44(34-42)45-33-32-43(39-20-7-2-8-21-39)35-52(45)61-50-30-15-13-28-46(50)48-37-54-49(36-53(48)61)47-29-14-16-31-51(47)62(54)57-59-55(40-22-9-3-10-23-40)58-56(60-57)41-24-11-4-12-25-41/h1-37H. The van der Waals surface area contributed by atoms with Gasteiger partial charge in [0.15, 0.2) is 11.6 Å². The van der Waals surface area contributed by atoms with E-state index < -0.39 is 0 Å². The van der Waals surface area contributed by atoms with Gasteiger partial charge in [-0.25, -0.2) is 4.98 Å². The van der Waals surface area contributed by atoms with Gasteiger partial charge in [0.2, 0.25) is 5.95 Å². The molecule has 3 aromatic heterocycles. The molecule has 5 nitrogen and oxygen atoms in total. The summed E-state index contributed by atoms with van der Waals surface area (Å²) in [7, 11) is 0. The number of nitrogens with zero attached hydrogens (tertiary/aromatic N) is 5. The van der Waals surface area contributed by atoms with Gasteiger partial charge in [0.25, 0.3) is 0 Å². The number of benzene rings is 9. The van der Waals surface area contributed by atoms with Crippen LogP contribution in [0.4, 0.5) is 0 Å². The third-order valence-corrected chi connectivity index (χ3v) is 12.0. The second kappa shape index (κ2) is 14.7. The molecule has 0 bridgehead atoms. The van der Waals surface area contributed by atoms with Crippen LogP contribution >= 0.6 is 0 Å². The molecule has 0 aliphatic heterocycles. The van der Waals surface area contributed by atoms with Crippen molar-refractivity contribution in [3.05, 3.63) is 224 Å². The molecule has 0 spiro atoms. The van der Waals surface area contributed by atoms with E-state index in [9.17, 15) is 0 Å². The molecule has 0 radical (unpaired) electrons. The molecule has 62 heavy (non-hydrogen) atoms. The van der Waals surface area contributed by atoms with E-state index in [1.807, 2.05) is 36.4 Å². The second-order valence-electron chi connectivity index (χ2n) is 15.7. The maximum atomic E-state index is 5.22. The molecule has 0 saturated carbocycles. The van der Waals surface area contributed by atoms with E-state index in [1.54, 1.807) is 0 Å². The van der Waals surface area contributed by atoms with Crippen LogP contribution in [-0.2, 0) is 0 Å².